The molecule has 1 amide bonds. The number of nitrogens with two attached hydrogens (primary N) is 1. The van der Waals surface area contributed by atoms with E-state index in [1.165, 1.54) is 113 Å². The van der Waals surface area contributed by atoms with E-state index in [-0.39, 0.29) is 11.5 Å². The van der Waals surface area contributed by atoms with Gasteiger partial charge in [0.1, 0.15) is 23.9 Å². The molecular weight excluding hydrogens is 573 g/mol. The Labute approximate surface area is 264 Å². The second-order valence-electron chi connectivity index (χ2n) is 12.2. The lowest BCUT2D eigenvalue weighted by molar-refractivity contribution is 0.0895. The van der Waals surface area contributed by atoms with Gasteiger partial charge in [0.25, 0.3) is 0 Å². The Hall–Kier alpha value is -2.91. The quantitative estimate of drug-likeness (QED) is 0.0834. The van der Waals surface area contributed by atoms with E-state index in [2.05, 4.69) is 30.5 Å². The zero-order valence-corrected chi connectivity index (χ0v) is 28.3. The van der Waals surface area contributed by atoms with Crippen LogP contribution in [0.2, 0.25) is 24.2 Å². The smallest absolute Gasteiger partial charge is 0.410 e. The Morgan fingerprint density at radius 1 is 0.841 bits per heavy atom. The molecule has 0 aliphatic heterocycles. The molecule has 0 fully saturated rings. The van der Waals surface area contributed by atoms with Crippen molar-refractivity contribution in [3.8, 4) is 17.2 Å². The molecule has 0 aliphatic rings. The van der Waals surface area contributed by atoms with E-state index in [4.69, 9.17) is 15.2 Å². The molecule has 0 atom stereocenters. The highest BCUT2D eigenvalue weighted by molar-refractivity contribution is 6.79. The number of halogens is 1. The number of ether oxygens (including phenoxy) is 3. The number of benzene rings is 1. The standard InChI is InChI=1S/C35H54FN3O4Si/c1-4-7-10-13-23-44(24-14-11-8-5-2,25-15-12-9-6-3)26-22-41-28-39-21-19-30-32(18-20-38-34(30)39)42-29-16-17-33(31(36)27-29)43-35(37)40/h16-21,27H,4-15,22-26,28H2,1-3H3,(H2,37,40). The maximum Gasteiger partial charge on any atom is 0.410 e. The fourth-order valence-corrected chi connectivity index (χ4v) is 11.2. The fraction of sp³-hybridized carbons (Fsp3) is 0.600. The number of hydrogen-bond acceptors (Lipinski definition) is 5. The van der Waals surface area contributed by atoms with Crippen LogP contribution in [0.1, 0.15) is 97.8 Å². The average Bonchev–Trinajstić information content (AvgIpc) is 3.43. The van der Waals surface area contributed by atoms with Gasteiger partial charge in [-0.25, -0.2) is 14.2 Å². The van der Waals surface area contributed by atoms with Gasteiger partial charge in [-0.15, -0.1) is 0 Å². The molecule has 2 aromatic heterocycles. The van der Waals surface area contributed by atoms with Crippen LogP contribution in [0.15, 0.2) is 42.7 Å². The van der Waals surface area contributed by atoms with Crippen LogP contribution in [-0.4, -0.2) is 30.3 Å². The molecule has 3 aromatic rings. The Morgan fingerprint density at radius 3 is 2.05 bits per heavy atom. The minimum Gasteiger partial charge on any atom is -0.456 e. The van der Waals surface area contributed by atoms with Crippen molar-refractivity contribution >= 4 is 25.2 Å². The number of unbranched alkanes of at least 4 members (excludes halogenated alkanes) is 9. The van der Waals surface area contributed by atoms with E-state index in [9.17, 15) is 9.18 Å². The van der Waals surface area contributed by atoms with Crippen molar-refractivity contribution in [2.45, 2.75) is 129 Å². The van der Waals surface area contributed by atoms with Crippen LogP contribution >= 0.6 is 0 Å². The van der Waals surface area contributed by atoms with Crippen LogP contribution in [0.25, 0.3) is 11.0 Å². The lowest BCUT2D eigenvalue weighted by Gasteiger charge is -2.33. The number of rotatable bonds is 23. The minimum absolute atomic E-state index is 0.247. The molecule has 0 unspecified atom stereocenters. The monoisotopic (exact) mass is 627 g/mol. The predicted octanol–water partition coefficient (Wildman–Crippen LogP) is 10.6. The van der Waals surface area contributed by atoms with Gasteiger partial charge < -0.3 is 24.5 Å². The van der Waals surface area contributed by atoms with Gasteiger partial charge in [-0.3, -0.25) is 0 Å². The van der Waals surface area contributed by atoms with Gasteiger partial charge in [0.15, 0.2) is 11.6 Å². The molecule has 7 nitrogen and oxygen atoms in total. The molecule has 0 saturated carbocycles. The third-order valence-electron chi connectivity index (χ3n) is 8.65. The number of amides is 1. The first-order valence-corrected chi connectivity index (χ1v) is 19.7. The second-order valence-corrected chi connectivity index (χ2v) is 17.2. The van der Waals surface area contributed by atoms with Crippen molar-refractivity contribution in [1.29, 1.82) is 0 Å². The van der Waals surface area contributed by atoms with E-state index in [0.29, 0.717) is 12.5 Å². The van der Waals surface area contributed by atoms with Crippen molar-refractivity contribution in [3.63, 3.8) is 0 Å². The van der Waals surface area contributed by atoms with Crippen molar-refractivity contribution in [3.05, 3.63) is 48.5 Å². The first kappa shape index (κ1) is 35.6. The summed E-state index contributed by atoms with van der Waals surface area (Å²) < 4.78 is 33.4. The second kappa shape index (κ2) is 19.5. The van der Waals surface area contributed by atoms with E-state index in [0.717, 1.165) is 23.7 Å². The molecule has 0 saturated heterocycles. The summed E-state index contributed by atoms with van der Waals surface area (Å²) in [7, 11) is -1.43. The maximum atomic E-state index is 14.4. The van der Waals surface area contributed by atoms with Crippen LogP contribution in [0.3, 0.4) is 0 Å². The lowest BCUT2D eigenvalue weighted by atomic mass is 10.2. The molecule has 0 bridgehead atoms. The SMILES string of the molecule is CCCCCC[Si](CCCCCC)(CCCCCC)CCOCn1ccc2c(Oc3ccc(OC(N)=O)c(F)c3)ccnc21. The molecule has 2 N–H and O–H groups in total. The molecule has 0 radical (unpaired) electrons. The zero-order chi connectivity index (χ0) is 31.6. The third kappa shape index (κ3) is 11.5. The van der Waals surface area contributed by atoms with Gasteiger partial charge in [0, 0.05) is 25.1 Å². The summed E-state index contributed by atoms with van der Waals surface area (Å²) >= 11 is 0. The number of pyridine rings is 1. The highest BCUT2D eigenvalue weighted by atomic mass is 28.3. The number of fused-ring (bicyclic) bond motifs is 1. The van der Waals surface area contributed by atoms with Gasteiger partial charge in [0.2, 0.25) is 0 Å². The predicted molar refractivity (Wildman–Crippen MR) is 180 cm³/mol. The summed E-state index contributed by atoms with van der Waals surface area (Å²) in [4.78, 5) is 15.5. The van der Waals surface area contributed by atoms with E-state index in [1.807, 2.05) is 16.8 Å². The number of hydrogen-bond donors (Lipinski definition) is 1. The minimum atomic E-state index is -1.43. The number of aromatic nitrogens is 2. The molecule has 9 heteroatoms. The lowest BCUT2D eigenvalue weighted by Crippen LogP contribution is -2.35. The number of primary amides is 1. The Kier molecular flexibility index (Phi) is 15.7. The normalized spacial score (nSPS) is 11.7. The molecule has 0 spiro atoms. The van der Waals surface area contributed by atoms with Crippen LogP contribution in [0, 0.1) is 5.82 Å². The largest absolute Gasteiger partial charge is 0.456 e. The first-order valence-electron chi connectivity index (χ1n) is 16.9. The molecule has 44 heavy (non-hydrogen) atoms. The van der Waals surface area contributed by atoms with Crippen LogP contribution in [0.4, 0.5) is 9.18 Å². The summed E-state index contributed by atoms with van der Waals surface area (Å²) in [5, 5.41) is 0.806. The third-order valence-corrected chi connectivity index (χ3v) is 14.2. The van der Waals surface area contributed by atoms with E-state index in [1.54, 1.807) is 12.3 Å². The number of carbonyl (C=O) groups excluding carboxylic acids is 1. The Balaban J connectivity index is 1.65. The molecular formula is C35H54FN3O4Si. The van der Waals surface area contributed by atoms with Gasteiger partial charge >= 0.3 is 6.09 Å². The Bertz CT molecular complexity index is 1240. The molecule has 0 aliphatic carbocycles. The van der Waals surface area contributed by atoms with E-state index < -0.39 is 20.0 Å². The molecule has 2 heterocycles. The van der Waals surface area contributed by atoms with Gasteiger partial charge in [0.05, 0.1) is 13.5 Å². The van der Waals surface area contributed by atoms with Gasteiger partial charge in [-0.2, -0.15) is 0 Å². The highest BCUT2D eigenvalue weighted by Gasteiger charge is 2.31. The fourth-order valence-electron chi connectivity index (χ4n) is 6.10. The van der Waals surface area contributed by atoms with Gasteiger partial charge in [-0.1, -0.05) is 116 Å². The number of nitrogens with zero attached hydrogens (tertiary/aromatic N) is 2. The Morgan fingerprint density at radius 2 is 1.48 bits per heavy atom. The average molecular weight is 628 g/mol. The maximum absolute atomic E-state index is 14.4. The van der Waals surface area contributed by atoms with E-state index >= 15 is 0 Å². The van der Waals surface area contributed by atoms with Crippen LogP contribution in [-0.2, 0) is 11.5 Å². The van der Waals surface area contributed by atoms with Crippen LogP contribution in [0.5, 0.6) is 17.2 Å². The summed E-state index contributed by atoms with van der Waals surface area (Å²) in [6.07, 6.45) is 18.7. The molecule has 1 aromatic carbocycles. The van der Waals surface area contributed by atoms with Crippen molar-refractivity contribution in [2.24, 2.45) is 5.73 Å². The first-order chi connectivity index (χ1) is 21.4. The van der Waals surface area contributed by atoms with Gasteiger partial charge in [-0.05, 0) is 30.3 Å². The van der Waals surface area contributed by atoms with Crippen molar-refractivity contribution in [1.82, 2.24) is 9.55 Å². The highest BCUT2D eigenvalue weighted by Crippen LogP contribution is 2.34. The summed E-state index contributed by atoms with van der Waals surface area (Å²) in [6, 6.07) is 13.3. The van der Waals surface area contributed by atoms with Crippen LogP contribution < -0.4 is 15.2 Å². The summed E-state index contributed by atoms with van der Waals surface area (Å²) in [5.74, 6) is -0.162. The van der Waals surface area contributed by atoms with Crippen molar-refractivity contribution in [2.75, 3.05) is 6.61 Å². The summed E-state index contributed by atoms with van der Waals surface area (Å²) in [6.45, 7) is 8.10. The topological polar surface area (TPSA) is 88.6 Å². The number of carbonyl (C=O) groups is 1. The molecule has 244 valence electrons. The zero-order valence-electron chi connectivity index (χ0n) is 27.3. The summed E-state index contributed by atoms with van der Waals surface area (Å²) in [5.41, 5.74) is 5.74. The molecule has 3 rings (SSSR count). The van der Waals surface area contributed by atoms with Crippen molar-refractivity contribution < 1.29 is 23.4 Å².